The molecule has 0 spiro atoms. The Morgan fingerprint density at radius 2 is 1.60 bits per heavy atom. The van der Waals surface area contributed by atoms with Crippen LogP contribution in [0.4, 0.5) is 0 Å². The lowest BCUT2D eigenvalue weighted by Gasteiger charge is -2.33. The van der Waals surface area contributed by atoms with Crippen molar-refractivity contribution < 1.29 is 4.79 Å². The molecule has 0 aliphatic carbocycles. The average Bonchev–Trinajstić information content (AvgIpc) is 2.77. The first kappa shape index (κ1) is 22.0. The Hall–Kier alpha value is -2.71. The number of hydrogen-bond donors (Lipinski definition) is 1. The van der Waals surface area contributed by atoms with Crippen molar-refractivity contribution in [2.45, 2.75) is 26.4 Å². The van der Waals surface area contributed by atoms with Crippen molar-refractivity contribution in [2.75, 3.05) is 45.8 Å². The van der Waals surface area contributed by atoms with Gasteiger partial charge >= 0.3 is 11.1 Å². The summed E-state index contributed by atoms with van der Waals surface area (Å²) in [4.78, 5) is 42.2. The normalized spacial score (nSPS) is 15.4. The number of allylic oxidation sites excluding steroid dienone is 1. The van der Waals surface area contributed by atoms with Gasteiger partial charge in [-0.15, -0.1) is 6.58 Å². The number of aromatic nitrogens is 2. The van der Waals surface area contributed by atoms with E-state index in [0.29, 0.717) is 17.6 Å². The highest BCUT2D eigenvalue weighted by molar-refractivity contribution is 5.77. The molecule has 3 rings (SSSR count). The fraction of sp³-hybridized carbons (Fsp3) is 0.500. The van der Waals surface area contributed by atoms with Gasteiger partial charge in [0.05, 0.1) is 11.0 Å². The third-order valence-corrected chi connectivity index (χ3v) is 5.67. The Bertz CT molecular complexity index is 1000. The van der Waals surface area contributed by atoms with Crippen molar-refractivity contribution in [3.63, 3.8) is 0 Å². The topological polar surface area (TPSA) is 79.6 Å². The number of likely N-dealkylation sites (N-methyl/N-ethyl adjacent to an activating group) is 1. The molecule has 1 aromatic heterocycles. The van der Waals surface area contributed by atoms with Crippen LogP contribution in [0.15, 0.2) is 46.5 Å². The molecule has 0 bridgehead atoms. The van der Waals surface area contributed by atoms with Gasteiger partial charge in [-0.05, 0) is 18.7 Å². The molecule has 8 heteroatoms. The summed E-state index contributed by atoms with van der Waals surface area (Å²) in [6.07, 6.45) is 1.74. The van der Waals surface area contributed by atoms with Crippen LogP contribution < -0.4 is 16.4 Å². The number of aryl methyl sites for hydroxylation is 1. The molecule has 1 aliphatic heterocycles. The number of benzene rings is 1. The molecular formula is C22H31N5O3. The van der Waals surface area contributed by atoms with Crippen LogP contribution in [0.5, 0.6) is 0 Å². The summed E-state index contributed by atoms with van der Waals surface area (Å²) in [6.45, 7) is 12.9. The number of nitrogens with one attached hydrogen (secondary N) is 1. The Labute approximate surface area is 176 Å². The van der Waals surface area contributed by atoms with E-state index >= 15 is 0 Å². The van der Waals surface area contributed by atoms with Crippen LogP contribution in [-0.2, 0) is 17.9 Å². The highest BCUT2D eigenvalue weighted by Gasteiger charge is 2.16. The SMILES string of the molecule is C=CCn1c(=O)c(=O)n(CCC(=O)NCCN2CCN(CC)CC2)c2ccccc21. The van der Waals surface area contributed by atoms with Gasteiger partial charge in [-0.3, -0.25) is 23.9 Å². The van der Waals surface area contributed by atoms with E-state index < -0.39 is 11.1 Å². The maximum atomic E-state index is 12.6. The van der Waals surface area contributed by atoms with Gasteiger partial charge in [0.25, 0.3) is 0 Å². The fourth-order valence-electron chi connectivity index (χ4n) is 3.89. The Morgan fingerprint density at radius 1 is 1.00 bits per heavy atom. The van der Waals surface area contributed by atoms with E-state index in [1.54, 1.807) is 18.2 Å². The summed E-state index contributed by atoms with van der Waals surface area (Å²) in [7, 11) is 0. The van der Waals surface area contributed by atoms with E-state index in [-0.39, 0.29) is 25.4 Å². The third-order valence-electron chi connectivity index (χ3n) is 5.67. The standard InChI is InChI=1S/C22H31N5O3/c1-3-11-26-18-7-5-6-8-19(18)27(22(30)21(26)29)12-9-20(28)23-10-13-25-16-14-24(4-2)15-17-25/h3,5-8H,1,4,9-17H2,2H3,(H,23,28). The zero-order valence-corrected chi connectivity index (χ0v) is 17.7. The van der Waals surface area contributed by atoms with Crippen molar-refractivity contribution in [3.05, 3.63) is 57.6 Å². The van der Waals surface area contributed by atoms with Crippen molar-refractivity contribution in [1.29, 1.82) is 0 Å². The molecule has 2 heterocycles. The van der Waals surface area contributed by atoms with Gasteiger partial charge in [0.2, 0.25) is 5.91 Å². The summed E-state index contributed by atoms with van der Waals surface area (Å²) >= 11 is 0. The number of amides is 1. The Morgan fingerprint density at radius 3 is 2.23 bits per heavy atom. The van der Waals surface area contributed by atoms with Crippen LogP contribution >= 0.6 is 0 Å². The monoisotopic (exact) mass is 413 g/mol. The van der Waals surface area contributed by atoms with Gasteiger partial charge in [0, 0.05) is 58.8 Å². The van der Waals surface area contributed by atoms with Crippen molar-refractivity contribution in [3.8, 4) is 0 Å². The van der Waals surface area contributed by atoms with Crippen LogP contribution in [0.1, 0.15) is 13.3 Å². The van der Waals surface area contributed by atoms with Gasteiger partial charge in [-0.1, -0.05) is 25.1 Å². The molecule has 1 aliphatic rings. The number of fused-ring (bicyclic) bond motifs is 1. The van der Waals surface area contributed by atoms with Gasteiger partial charge in [-0.25, -0.2) is 0 Å². The van der Waals surface area contributed by atoms with Crippen LogP contribution in [0.3, 0.4) is 0 Å². The molecule has 2 aromatic rings. The number of rotatable bonds is 9. The van der Waals surface area contributed by atoms with Crippen LogP contribution in [-0.4, -0.2) is 70.7 Å². The smallest absolute Gasteiger partial charge is 0.317 e. The van der Waals surface area contributed by atoms with Gasteiger partial charge in [0.15, 0.2) is 0 Å². The molecule has 0 atom stereocenters. The number of carbonyl (C=O) groups excluding carboxylic acids is 1. The predicted molar refractivity (Wildman–Crippen MR) is 119 cm³/mol. The summed E-state index contributed by atoms with van der Waals surface area (Å²) in [5, 5.41) is 2.93. The average molecular weight is 414 g/mol. The van der Waals surface area contributed by atoms with Crippen molar-refractivity contribution in [1.82, 2.24) is 24.3 Å². The third kappa shape index (κ3) is 5.06. The Balaban J connectivity index is 1.59. The lowest BCUT2D eigenvalue weighted by atomic mass is 10.2. The number of hydrogen-bond acceptors (Lipinski definition) is 5. The molecule has 1 N–H and O–H groups in total. The molecule has 1 aromatic carbocycles. The van der Waals surface area contributed by atoms with Gasteiger partial charge in [-0.2, -0.15) is 0 Å². The van der Waals surface area contributed by atoms with Crippen LogP contribution in [0.2, 0.25) is 0 Å². The minimum absolute atomic E-state index is 0.117. The lowest BCUT2D eigenvalue weighted by molar-refractivity contribution is -0.121. The molecule has 0 unspecified atom stereocenters. The van der Waals surface area contributed by atoms with Crippen molar-refractivity contribution in [2.24, 2.45) is 0 Å². The summed E-state index contributed by atoms with van der Waals surface area (Å²) < 4.78 is 2.82. The zero-order chi connectivity index (χ0) is 21.5. The van der Waals surface area contributed by atoms with E-state index in [4.69, 9.17) is 0 Å². The molecule has 1 saturated heterocycles. The van der Waals surface area contributed by atoms with E-state index in [2.05, 4.69) is 28.6 Å². The zero-order valence-electron chi connectivity index (χ0n) is 17.7. The maximum Gasteiger partial charge on any atom is 0.317 e. The summed E-state index contributed by atoms with van der Waals surface area (Å²) in [5.74, 6) is -0.117. The second kappa shape index (κ2) is 10.4. The summed E-state index contributed by atoms with van der Waals surface area (Å²) in [5.41, 5.74) is 0.0940. The minimum Gasteiger partial charge on any atom is -0.355 e. The first-order valence-electron chi connectivity index (χ1n) is 10.6. The van der Waals surface area contributed by atoms with Crippen molar-refractivity contribution >= 4 is 16.9 Å². The minimum atomic E-state index is -0.614. The first-order chi connectivity index (χ1) is 14.5. The molecule has 8 nitrogen and oxygen atoms in total. The quantitative estimate of drug-likeness (QED) is 0.478. The summed E-state index contributed by atoms with van der Waals surface area (Å²) in [6, 6.07) is 7.24. The second-order valence-corrected chi connectivity index (χ2v) is 7.53. The van der Waals surface area contributed by atoms with E-state index in [0.717, 1.165) is 39.3 Å². The van der Waals surface area contributed by atoms with Crippen LogP contribution in [0.25, 0.3) is 11.0 Å². The highest BCUT2D eigenvalue weighted by atomic mass is 16.2. The molecule has 0 saturated carbocycles. The number of para-hydroxylation sites is 2. The number of carbonyl (C=O) groups is 1. The largest absolute Gasteiger partial charge is 0.355 e. The molecule has 30 heavy (non-hydrogen) atoms. The fourth-order valence-corrected chi connectivity index (χ4v) is 3.89. The second-order valence-electron chi connectivity index (χ2n) is 7.53. The lowest BCUT2D eigenvalue weighted by Crippen LogP contribution is -2.48. The van der Waals surface area contributed by atoms with E-state index in [9.17, 15) is 14.4 Å². The maximum absolute atomic E-state index is 12.6. The molecule has 162 valence electrons. The first-order valence-corrected chi connectivity index (χ1v) is 10.6. The Kier molecular flexibility index (Phi) is 7.59. The predicted octanol–water partition coefficient (Wildman–Crippen LogP) is 0.493. The van der Waals surface area contributed by atoms with Gasteiger partial charge < -0.3 is 14.8 Å². The molecular weight excluding hydrogens is 382 g/mol. The van der Waals surface area contributed by atoms with E-state index in [1.807, 2.05) is 12.1 Å². The molecule has 1 fully saturated rings. The molecule has 0 radical (unpaired) electrons. The van der Waals surface area contributed by atoms with Gasteiger partial charge in [0.1, 0.15) is 0 Å². The highest BCUT2D eigenvalue weighted by Crippen LogP contribution is 2.11. The van der Waals surface area contributed by atoms with Crippen LogP contribution in [0, 0.1) is 0 Å². The number of piperazine rings is 1. The molecule has 1 amide bonds. The number of nitrogens with zero attached hydrogens (tertiary/aromatic N) is 4. The van der Waals surface area contributed by atoms with E-state index in [1.165, 1.54) is 9.13 Å².